The normalized spacial score (nSPS) is 12.7. The molecule has 0 aliphatic heterocycles. The highest BCUT2D eigenvalue weighted by molar-refractivity contribution is 7.87. The van der Waals surface area contributed by atoms with E-state index in [-0.39, 0.29) is 5.91 Å². The van der Waals surface area contributed by atoms with Gasteiger partial charge in [-0.05, 0) is 36.8 Å². The van der Waals surface area contributed by atoms with Crippen LogP contribution in [-0.2, 0) is 27.8 Å². The minimum atomic E-state index is -3.71. The van der Waals surface area contributed by atoms with E-state index in [1.807, 2.05) is 48.5 Å². The SMILES string of the molecule is CN(C)S(=O)(=O)N[C@@H](Cc1ccccc1)C(=O)NCCCCc1ccccc1. The molecule has 0 aliphatic carbocycles. The minimum absolute atomic E-state index is 0.295. The number of benzene rings is 2. The number of rotatable bonds is 11. The van der Waals surface area contributed by atoms with Crippen LogP contribution in [0.1, 0.15) is 24.0 Å². The molecular formula is C21H29N3O3S. The Kier molecular flexibility index (Phi) is 8.63. The van der Waals surface area contributed by atoms with E-state index < -0.39 is 16.3 Å². The standard InChI is InChI=1S/C21H29N3O3S/c1-24(2)28(26,27)23-20(17-19-14-7-4-8-15-19)21(25)22-16-10-9-13-18-11-5-3-6-12-18/h3-8,11-12,14-15,20,23H,9-10,13,16-17H2,1-2H3,(H,22,25)/t20-/m0/s1. The Morgan fingerprint density at radius 3 is 2.07 bits per heavy atom. The van der Waals surface area contributed by atoms with Crippen LogP contribution in [0.15, 0.2) is 60.7 Å². The van der Waals surface area contributed by atoms with Gasteiger partial charge in [0, 0.05) is 20.6 Å². The van der Waals surface area contributed by atoms with Crippen molar-refractivity contribution in [3.05, 3.63) is 71.8 Å². The van der Waals surface area contributed by atoms with Crippen molar-refractivity contribution in [2.45, 2.75) is 31.7 Å². The number of carbonyl (C=O) groups is 1. The average Bonchev–Trinajstić information content (AvgIpc) is 2.68. The van der Waals surface area contributed by atoms with E-state index in [2.05, 4.69) is 22.2 Å². The van der Waals surface area contributed by atoms with Crippen LogP contribution in [0.4, 0.5) is 0 Å². The fourth-order valence-electron chi connectivity index (χ4n) is 2.76. The third-order valence-electron chi connectivity index (χ3n) is 4.41. The van der Waals surface area contributed by atoms with Gasteiger partial charge in [-0.15, -0.1) is 0 Å². The molecule has 2 rings (SSSR count). The zero-order valence-corrected chi connectivity index (χ0v) is 17.3. The largest absolute Gasteiger partial charge is 0.355 e. The lowest BCUT2D eigenvalue weighted by Crippen LogP contribution is -2.51. The lowest BCUT2D eigenvalue weighted by Gasteiger charge is -2.21. The van der Waals surface area contributed by atoms with Crippen molar-refractivity contribution >= 4 is 16.1 Å². The third-order valence-corrected chi connectivity index (χ3v) is 5.95. The summed E-state index contributed by atoms with van der Waals surface area (Å²) in [4.78, 5) is 12.6. The Labute approximate surface area is 168 Å². The Bertz CT molecular complexity index is 824. The lowest BCUT2D eigenvalue weighted by molar-refractivity contribution is -0.122. The fourth-order valence-corrected chi connectivity index (χ4v) is 3.52. The monoisotopic (exact) mass is 403 g/mol. The molecule has 2 N–H and O–H groups in total. The topological polar surface area (TPSA) is 78.5 Å². The molecule has 0 aliphatic rings. The summed E-state index contributed by atoms with van der Waals surface area (Å²) >= 11 is 0. The Hall–Kier alpha value is -2.22. The second-order valence-electron chi connectivity index (χ2n) is 6.88. The molecule has 0 saturated heterocycles. The number of carbonyl (C=O) groups excluding carboxylic acids is 1. The highest BCUT2D eigenvalue weighted by Gasteiger charge is 2.25. The van der Waals surface area contributed by atoms with Gasteiger partial charge in [0.2, 0.25) is 5.91 Å². The van der Waals surface area contributed by atoms with Crippen molar-refractivity contribution in [3.63, 3.8) is 0 Å². The first kappa shape index (κ1) is 22.1. The molecular weight excluding hydrogens is 374 g/mol. The summed E-state index contributed by atoms with van der Waals surface area (Å²) in [5, 5.41) is 2.87. The molecule has 1 atom stereocenters. The van der Waals surface area contributed by atoms with Crippen LogP contribution in [0.25, 0.3) is 0 Å². The van der Waals surface area contributed by atoms with Gasteiger partial charge >= 0.3 is 0 Å². The zero-order valence-electron chi connectivity index (χ0n) is 16.5. The molecule has 0 bridgehead atoms. The second kappa shape index (κ2) is 10.9. The van der Waals surface area contributed by atoms with Gasteiger partial charge in [-0.25, -0.2) is 0 Å². The summed E-state index contributed by atoms with van der Waals surface area (Å²) < 4.78 is 28.0. The van der Waals surface area contributed by atoms with Gasteiger partial charge in [0.1, 0.15) is 6.04 Å². The molecule has 0 aromatic heterocycles. The van der Waals surface area contributed by atoms with Crippen LogP contribution in [0, 0.1) is 0 Å². The van der Waals surface area contributed by atoms with Crippen molar-refractivity contribution < 1.29 is 13.2 Å². The predicted octanol–water partition coefficient (Wildman–Crippen LogP) is 2.13. The molecule has 6 nitrogen and oxygen atoms in total. The van der Waals surface area contributed by atoms with Crippen LogP contribution in [-0.4, -0.2) is 45.3 Å². The van der Waals surface area contributed by atoms with Crippen molar-refractivity contribution in [2.75, 3.05) is 20.6 Å². The molecule has 28 heavy (non-hydrogen) atoms. The number of unbranched alkanes of at least 4 members (excludes halogenated alkanes) is 1. The summed E-state index contributed by atoms with van der Waals surface area (Å²) in [6.45, 7) is 0.515. The Morgan fingerprint density at radius 1 is 0.929 bits per heavy atom. The van der Waals surface area contributed by atoms with E-state index in [0.29, 0.717) is 13.0 Å². The number of amides is 1. The van der Waals surface area contributed by atoms with Crippen molar-refractivity contribution in [1.29, 1.82) is 0 Å². The first-order valence-electron chi connectivity index (χ1n) is 9.44. The Balaban J connectivity index is 1.88. The first-order chi connectivity index (χ1) is 13.4. The molecule has 0 unspecified atom stereocenters. The number of hydrogen-bond acceptors (Lipinski definition) is 3. The highest BCUT2D eigenvalue weighted by Crippen LogP contribution is 2.07. The first-order valence-corrected chi connectivity index (χ1v) is 10.9. The molecule has 2 aromatic carbocycles. The molecule has 0 spiro atoms. The maximum absolute atomic E-state index is 12.6. The molecule has 0 fully saturated rings. The van der Waals surface area contributed by atoms with Gasteiger partial charge in [0.15, 0.2) is 0 Å². The van der Waals surface area contributed by atoms with Gasteiger partial charge in [-0.3, -0.25) is 4.79 Å². The number of hydrogen-bond donors (Lipinski definition) is 2. The maximum atomic E-state index is 12.6. The van der Waals surface area contributed by atoms with E-state index in [0.717, 1.165) is 29.1 Å². The van der Waals surface area contributed by atoms with E-state index in [9.17, 15) is 13.2 Å². The van der Waals surface area contributed by atoms with E-state index in [1.54, 1.807) is 0 Å². The molecule has 1 amide bonds. The summed E-state index contributed by atoms with van der Waals surface area (Å²) in [6, 6.07) is 18.7. The third kappa shape index (κ3) is 7.42. The lowest BCUT2D eigenvalue weighted by atomic mass is 10.1. The van der Waals surface area contributed by atoms with E-state index in [4.69, 9.17) is 0 Å². The average molecular weight is 404 g/mol. The van der Waals surface area contributed by atoms with Gasteiger partial charge in [0.25, 0.3) is 10.2 Å². The molecule has 0 heterocycles. The molecule has 152 valence electrons. The number of aryl methyl sites for hydroxylation is 1. The zero-order chi connectivity index (χ0) is 20.4. The molecule has 0 radical (unpaired) electrons. The fraction of sp³-hybridized carbons (Fsp3) is 0.381. The van der Waals surface area contributed by atoms with Crippen molar-refractivity contribution in [1.82, 2.24) is 14.3 Å². The summed E-state index contributed by atoms with van der Waals surface area (Å²) in [5.74, 6) is -0.311. The second-order valence-corrected chi connectivity index (χ2v) is 8.80. The smallest absolute Gasteiger partial charge is 0.279 e. The summed E-state index contributed by atoms with van der Waals surface area (Å²) in [7, 11) is -0.843. The van der Waals surface area contributed by atoms with Crippen LogP contribution < -0.4 is 10.0 Å². The Morgan fingerprint density at radius 2 is 1.50 bits per heavy atom. The van der Waals surface area contributed by atoms with E-state index in [1.165, 1.54) is 19.7 Å². The molecule has 0 saturated carbocycles. The molecule has 7 heteroatoms. The summed E-state index contributed by atoms with van der Waals surface area (Å²) in [5.41, 5.74) is 2.17. The van der Waals surface area contributed by atoms with Crippen molar-refractivity contribution in [2.24, 2.45) is 0 Å². The van der Waals surface area contributed by atoms with Crippen LogP contribution in [0.5, 0.6) is 0 Å². The minimum Gasteiger partial charge on any atom is -0.355 e. The predicted molar refractivity (Wildman–Crippen MR) is 112 cm³/mol. The van der Waals surface area contributed by atoms with Gasteiger partial charge in [-0.2, -0.15) is 17.4 Å². The molecule has 2 aromatic rings. The van der Waals surface area contributed by atoms with Crippen LogP contribution in [0.3, 0.4) is 0 Å². The number of nitrogens with one attached hydrogen (secondary N) is 2. The van der Waals surface area contributed by atoms with Crippen LogP contribution in [0.2, 0.25) is 0 Å². The highest BCUT2D eigenvalue weighted by atomic mass is 32.2. The van der Waals surface area contributed by atoms with Gasteiger partial charge in [-0.1, -0.05) is 60.7 Å². The van der Waals surface area contributed by atoms with Crippen LogP contribution >= 0.6 is 0 Å². The number of nitrogens with zero attached hydrogens (tertiary/aromatic N) is 1. The quantitative estimate of drug-likeness (QED) is 0.564. The van der Waals surface area contributed by atoms with Crippen molar-refractivity contribution in [3.8, 4) is 0 Å². The maximum Gasteiger partial charge on any atom is 0.279 e. The van der Waals surface area contributed by atoms with Gasteiger partial charge < -0.3 is 5.32 Å². The van der Waals surface area contributed by atoms with E-state index >= 15 is 0 Å². The van der Waals surface area contributed by atoms with Gasteiger partial charge in [0.05, 0.1) is 0 Å². The summed E-state index contributed by atoms with van der Waals surface area (Å²) in [6.07, 6.45) is 3.04.